The number of para-hydroxylation sites is 2. The molecule has 0 unspecified atom stereocenters. The maximum absolute atomic E-state index is 12.6. The standard InChI is InChI=1S/C35H37N3O6.C30H29N3O4/c1-35(2,3)44-34(39)36-26-10-13-31-25(19-26)18-24-6-5-7-29(33(24)43-31)30-20-27(38-14-16-41-17-15-38)21-32(37-30)42-22-23-8-11-28(40-4)12-9-23;1-35-25-8-5-20(6-9-25)19-31-23-7-10-28-22(16-23)15-21-3-2-4-26(30(21)37-28)27-17-24(18-29(34)32-27)33-11-13-36-14-12-33/h5-13,19-21H,14-18,22H2,1-4H3,(H,36,39);2-10,16-18,31H,11-15,19H2,1H3,(H,32,34). The summed E-state index contributed by atoms with van der Waals surface area (Å²) < 4.78 is 46.2. The monoisotopic (exact) mass is 1090 g/mol. The van der Waals surface area contributed by atoms with E-state index < -0.39 is 11.7 Å². The third-order valence-electron chi connectivity index (χ3n) is 14.3. The van der Waals surface area contributed by atoms with Crippen LogP contribution in [0, 0.1) is 0 Å². The number of nitrogens with one attached hydrogen (secondary N) is 3. The van der Waals surface area contributed by atoms with Gasteiger partial charge in [-0.1, -0.05) is 48.5 Å². The van der Waals surface area contributed by atoms with E-state index in [-0.39, 0.29) is 5.56 Å². The maximum Gasteiger partial charge on any atom is 0.412 e. The van der Waals surface area contributed by atoms with Crippen molar-refractivity contribution in [3.63, 3.8) is 0 Å². The summed E-state index contributed by atoms with van der Waals surface area (Å²) in [6.45, 7) is 12.4. The molecule has 0 spiro atoms. The summed E-state index contributed by atoms with van der Waals surface area (Å²) in [6, 6.07) is 47.7. The van der Waals surface area contributed by atoms with Gasteiger partial charge in [-0.05, 0) is 122 Å². The molecule has 0 bridgehead atoms. The smallest absolute Gasteiger partial charge is 0.412 e. The van der Waals surface area contributed by atoms with Crippen LogP contribution in [-0.4, -0.2) is 88.5 Å². The minimum atomic E-state index is -0.579. The van der Waals surface area contributed by atoms with Gasteiger partial charge in [-0.3, -0.25) is 10.1 Å². The molecule has 0 aliphatic carbocycles. The van der Waals surface area contributed by atoms with Gasteiger partial charge in [0, 0.05) is 108 Å². The second-order valence-electron chi connectivity index (χ2n) is 21.1. The summed E-state index contributed by atoms with van der Waals surface area (Å²) in [4.78, 5) is 37.3. The highest BCUT2D eigenvalue weighted by Crippen LogP contribution is 2.46. The van der Waals surface area contributed by atoms with Crippen molar-refractivity contribution in [3.05, 3.63) is 189 Å². The number of methoxy groups -OCH3 is 2. The maximum atomic E-state index is 12.6. The lowest BCUT2D eigenvalue weighted by molar-refractivity contribution is 0.0635. The Morgan fingerprint density at radius 3 is 1.78 bits per heavy atom. The van der Waals surface area contributed by atoms with Crippen LogP contribution in [0.4, 0.5) is 27.5 Å². The number of ether oxygens (including phenoxy) is 8. The Kier molecular flexibility index (Phi) is 16.1. The molecule has 3 N–H and O–H groups in total. The summed E-state index contributed by atoms with van der Waals surface area (Å²) >= 11 is 0. The summed E-state index contributed by atoms with van der Waals surface area (Å²) in [7, 11) is 3.32. The van der Waals surface area contributed by atoms with Crippen LogP contribution in [-0.2, 0) is 40.2 Å². The number of aromatic nitrogens is 2. The van der Waals surface area contributed by atoms with Crippen LogP contribution in [0.15, 0.2) is 150 Å². The number of H-pyrrole nitrogens is 1. The number of hydrogen-bond acceptors (Lipinski definition) is 14. The van der Waals surface area contributed by atoms with Crippen LogP contribution in [0.3, 0.4) is 0 Å². The molecule has 0 saturated carbocycles. The fourth-order valence-corrected chi connectivity index (χ4v) is 10.2. The lowest BCUT2D eigenvalue weighted by atomic mass is 9.96. The average molecular weight is 1090 g/mol. The predicted molar refractivity (Wildman–Crippen MR) is 314 cm³/mol. The molecule has 6 heterocycles. The highest BCUT2D eigenvalue weighted by molar-refractivity contribution is 5.85. The van der Waals surface area contributed by atoms with Crippen molar-refractivity contribution in [2.24, 2.45) is 0 Å². The third kappa shape index (κ3) is 13.2. The molecule has 2 aromatic heterocycles. The molecule has 16 heteroatoms. The number of anilines is 4. The fourth-order valence-electron chi connectivity index (χ4n) is 10.2. The zero-order valence-electron chi connectivity index (χ0n) is 46.3. The predicted octanol–water partition coefficient (Wildman–Crippen LogP) is 12.4. The SMILES string of the molecule is COc1ccc(CNc2ccc3c(c2)Cc2cccc(-c4cc(N5CCOCC5)cc(=O)[nH]4)c2O3)cc1.COc1ccc(COc2cc(N3CCOCC3)cc(-c3cccc4c3Oc3ccc(NC(=O)OC(C)(C)C)cc3C4)n2)cc1. The number of nitrogens with zero attached hydrogens (tertiary/aromatic N) is 3. The van der Waals surface area contributed by atoms with E-state index >= 15 is 0 Å². The van der Waals surface area contributed by atoms with Gasteiger partial charge in [-0.2, -0.15) is 0 Å². The number of pyridine rings is 2. The lowest BCUT2D eigenvalue weighted by Gasteiger charge is -2.29. The molecule has 2 fully saturated rings. The average Bonchev–Trinajstić information content (AvgIpc) is 3.50. The number of rotatable bonds is 13. The quantitative estimate of drug-likeness (QED) is 0.0998. The molecule has 4 aliphatic heterocycles. The van der Waals surface area contributed by atoms with Crippen LogP contribution in [0.25, 0.3) is 22.5 Å². The van der Waals surface area contributed by atoms with Crippen molar-refractivity contribution < 1.29 is 42.7 Å². The molecule has 4 aliphatic rings. The van der Waals surface area contributed by atoms with E-state index in [1.165, 1.54) is 5.56 Å². The van der Waals surface area contributed by atoms with E-state index in [1.807, 2.05) is 124 Å². The Balaban J connectivity index is 0.000000173. The molecule has 12 rings (SSSR count). The molecule has 1 amide bonds. The van der Waals surface area contributed by atoms with Gasteiger partial charge in [0.15, 0.2) is 0 Å². The van der Waals surface area contributed by atoms with Crippen molar-refractivity contribution in [2.45, 2.75) is 52.4 Å². The van der Waals surface area contributed by atoms with Crippen molar-refractivity contribution in [3.8, 4) is 62.9 Å². The molecule has 6 aromatic carbocycles. The van der Waals surface area contributed by atoms with E-state index in [1.54, 1.807) is 20.3 Å². The van der Waals surface area contributed by atoms with Gasteiger partial charge < -0.3 is 58.0 Å². The van der Waals surface area contributed by atoms with E-state index in [9.17, 15) is 9.59 Å². The number of morpholine rings is 2. The topological polar surface area (TPSA) is 167 Å². The summed E-state index contributed by atoms with van der Waals surface area (Å²) in [6.07, 6.45) is 0.907. The highest BCUT2D eigenvalue weighted by Gasteiger charge is 2.26. The van der Waals surface area contributed by atoms with Gasteiger partial charge >= 0.3 is 6.09 Å². The van der Waals surface area contributed by atoms with Crippen LogP contribution in [0.5, 0.6) is 40.4 Å². The Morgan fingerprint density at radius 1 is 0.617 bits per heavy atom. The number of carbonyl (C=O) groups excluding carboxylic acids is 1. The molecule has 416 valence electrons. The zero-order chi connectivity index (χ0) is 55.9. The zero-order valence-corrected chi connectivity index (χ0v) is 46.3. The molecular formula is C65H66N6O10. The lowest BCUT2D eigenvalue weighted by Crippen LogP contribution is -2.36. The Morgan fingerprint density at radius 2 is 1.17 bits per heavy atom. The summed E-state index contributed by atoms with van der Waals surface area (Å²) in [5, 5.41) is 6.33. The molecular weight excluding hydrogens is 1020 g/mol. The first-order chi connectivity index (χ1) is 39.4. The van der Waals surface area contributed by atoms with E-state index in [0.29, 0.717) is 51.0 Å². The molecule has 2 saturated heterocycles. The normalized spacial score (nSPS) is 14.2. The molecule has 0 radical (unpaired) electrons. The van der Waals surface area contributed by atoms with Crippen molar-refractivity contribution in [1.82, 2.24) is 9.97 Å². The number of benzene rings is 6. The molecule has 8 aromatic rings. The van der Waals surface area contributed by atoms with E-state index in [0.717, 1.165) is 141 Å². The summed E-state index contributed by atoms with van der Waals surface area (Å²) in [5.41, 5.74) is 12.6. The number of fused-ring (bicyclic) bond motifs is 4. The van der Waals surface area contributed by atoms with Gasteiger partial charge in [0.05, 0.1) is 52.0 Å². The first-order valence-electron chi connectivity index (χ1n) is 27.3. The van der Waals surface area contributed by atoms with Crippen LogP contribution >= 0.6 is 0 Å². The molecule has 0 atom stereocenters. The Bertz CT molecular complexity index is 3590. The van der Waals surface area contributed by atoms with Gasteiger partial charge in [0.25, 0.3) is 0 Å². The molecule has 81 heavy (non-hydrogen) atoms. The van der Waals surface area contributed by atoms with Gasteiger partial charge in [-0.25, -0.2) is 9.78 Å². The van der Waals surface area contributed by atoms with Gasteiger partial charge in [0.1, 0.15) is 46.7 Å². The Labute approximate surface area is 471 Å². The first-order valence-corrected chi connectivity index (χ1v) is 27.3. The largest absolute Gasteiger partial charge is 0.497 e. The van der Waals surface area contributed by atoms with Crippen LogP contribution < -0.4 is 49.7 Å². The van der Waals surface area contributed by atoms with Crippen LogP contribution in [0.2, 0.25) is 0 Å². The van der Waals surface area contributed by atoms with Gasteiger partial charge in [0.2, 0.25) is 11.4 Å². The van der Waals surface area contributed by atoms with Gasteiger partial charge in [-0.15, -0.1) is 0 Å². The number of amides is 1. The van der Waals surface area contributed by atoms with Crippen LogP contribution in [0.1, 0.15) is 54.2 Å². The highest BCUT2D eigenvalue weighted by atomic mass is 16.6. The first kappa shape index (κ1) is 54.0. The second kappa shape index (κ2) is 24.2. The number of hydrogen-bond donors (Lipinski definition) is 3. The summed E-state index contributed by atoms with van der Waals surface area (Å²) in [5.74, 6) is 5.32. The van der Waals surface area contributed by atoms with Crippen molar-refractivity contribution in [2.75, 3.05) is 87.3 Å². The van der Waals surface area contributed by atoms with Crippen molar-refractivity contribution in [1.29, 1.82) is 0 Å². The fraction of sp³-hybridized carbons (Fsp3) is 0.277. The minimum Gasteiger partial charge on any atom is -0.497 e. The number of aromatic amines is 1. The van der Waals surface area contributed by atoms with E-state index in [2.05, 4.69) is 61.8 Å². The molecule has 16 nitrogen and oxygen atoms in total. The third-order valence-corrected chi connectivity index (χ3v) is 14.3. The Hall–Kier alpha value is -8.99. The second-order valence-corrected chi connectivity index (χ2v) is 21.1. The number of carbonyl (C=O) groups is 1. The minimum absolute atomic E-state index is 0.125. The van der Waals surface area contributed by atoms with Crippen molar-refractivity contribution >= 4 is 28.8 Å². The van der Waals surface area contributed by atoms with E-state index in [4.69, 9.17) is 42.9 Å².